The molecule has 0 radical (unpaired) electrons. The molecule has 3 aromatic heterocycles. The van der Waals surface area contributed by atoms with Gasteiger partial charge in [0.25, 0.3) is 0 Å². The van der Waals surface area contributed by atoms with Gasteiger partial charge in [-0.25, -0.2) is 9.97 Å². The zero-order chi connectivity index (χ0) is 11.7. The van der Waals surface area contributed by atoms with Gasteiger partial charge in [0.15, 0.2) is 0 Å². The lowest BCUT2D eigenvalue weighted by molar-refractivity contribution is 0.881. The van der Waals surface area contributed by atoms with E-state index in [1.165, 1.54) is 5.56 Å². The normalized spacial score (nSPS) is 12.8. The minimum atomic E-state index is 0.263. The molecule has 0 fully saturated rings. The fourth-order valence-electron chi connectivity index (χ4n) is 1.71. The Kier molecular flexibility index (Phi) is 2.78. The van der Waals surface area contributed by atoms with E-state index in [0.717, 1.165) is 16.0 Å². The molecule has 0 aliphatic heterocycles. The number of nitrogens with zero attached hydrogens (tertiary/aromatic N) is 2. The van der Waals surface area contributed by atoms with Crippen LogP contribution in [-0.4, -0.2) is 9.97 Å². The second-order valence-electron chi connectivity index (χ2n) is 3.78. The van der Waals surface area contributed by atoms with Crippen LogP contribution in [-0.2, 0) is 0 Å². The Morgan fingerprint density at radius 1 is 1.24 bits per heavy atom. The molecule has 3 nitrogen and oxygen atoms in total. The number of hydrogen-bond acceptors (Lipinski definition) is 5. The number of rotatable bonds is 3. The maximum absolute atomic E-state index is 4.32. The maximum atomic E-state index is 4.32. The van der Waals surface area contributed by atoms with Crippen LogP contribution in [0.4, 0.5) is 5.82 Å². The second-order valence-corrected chi connectivity index (χ2v) is 5.46. The lowest BCUT2D eigenvalue weighted by Crippen LogP contribution is -2.07. The lowest BCUT2D eigenvalue weighted by atomic mass is 10.2. The molecule has 0 bridgehead atoms. The lowest BCUT2D eigenvalue weighted by Gasteiger charge is -2.13. The highest BCUT2D eigenvalue weighted by molar-refractivity contribution is 7.16. The molecule has 1 N–H and O–H groups in total. The predicted molar refractivity (Wildman–Crippen MR) is 73.8 cm³/mol. The summed E-state index contributed by atoms with van der Waals surface area (Å²) in [5.41, 5.74) is 1.29. The van der Waals surface area contributed by atoms with Crippen LogP contribution < -0.4 is 5.32 Å². The Bertz CT molecular complexity index is 616. The maximum Gasteiger partial charge on any atom is 0.138 e. The van der Waals surface area contributed by atoms with Crippen LogP contribution in [0.2, 0.25) is 0 Å². The molecule has 1 unspecified atom stereocenters. The van der Waals surface area contributed by atoms with E-state index in [4.69, 9.17) is 0 Å². The van der Waals surface area contributed by atoms with Crippen molar-refractivity contribution in [2.45, 2.75) is 13.0 Å². The van der Waals surface area contributed by atoms with E-state index in [0.29, 0.717) is 0 Å². The predicted octanol–water partition coefficient (Wildman–Crippen LogP) is 3.93. The highest BCUT2D eigenvalue weighted by Gasteiger charge is 2.09. The average molecular weight is 261 g/mol. The highest BCUT2D eigenvalue weighted by atomic mass is 32.1. The first-order valence-electron chi connectivity index (χ1n) is 5.31. The Hall–Kier alpha value is -1.46. The first-order chi connectivity index (χ1) is 8.34. The Balaban J connectivity index is 1.92. The van der Waals surface area contributed by atoms with Crippen molar-refractivity contribution in [3.63, 3.8) is 0 Å². The first kappa shape index (κ1) is 10.7. The molecule has 86 valence electrons. The van der Waals surface area contributed by atoms with E-state index in [2.05, 4.69) is 45.1 Å². The van der Waals surface area contributed by atoms with Gasteiger partial charge in [-0.3, -0.25) is 0 Å². The van der Waals surface area contributed by atoms with Crippen LogP contribution in [0, 0.1) is 0 Å². The first-order valence-corrected chi connectivity index (χ1v) is 7.13. The van der Waals surface area contributed by atoms with Crippen molar-refractivity contribution in [2.75, 3.05) is 5.32 Å². The van der Waals surface area contributed by atoms with Gasteiger partial charge in [0, 0.05) is 0 Å². The van der Waals surface area contributed by atoms with Crippen molar-refractivity contribution in [3.8, 4) is 0 Å². The zero-order valence-corrected chi connectivity index (χ0v) is 10.9. The smallest absolute Gasteiger partial charge is 0.138 e. The quantitative estimate of drug-likeness (QED) is 0.776. The van der Waals surface area contributed by atoms with Crippen molar-refractivity contribution >= 4 is 38.7 Å². The molecule has 0 saturated carbocycles. The van der Waals surface area contributed by atoms with Gasteiger partial charge >= 0.3 is 0 Å². The summed E-state index contributed by atoms with van der Waals surface area (Å²) < 4.78 is 0. The van der Waals surface area contributed by atoms with Crippen LogP contribution in [0.5, 0.6) is 0 Å². The van der Waals surface area contributed by atoms with Gasteiger partial charge in [-0.2, -0.15) is 11.3 Å². The Morgan fingerprint density at radius 3 is 3.00 bits per heavy atom. The van der Waals surface area contributed by atoms with Gasteiger partial charge in [0.05, 0.1) is 11.4 Å². The molecule has 3 aromatic rings. The molecule has 0 aliphatic carbocycles. The summed E-state index contributed by atoms with van der Waals surface area (Å²) in [5, 5.41) is 10.8. The molecular weight excluding hydrogens is 250 g/mol. The van der Waals surface area contributed by atoms with Crippen molar-refractivity contribution < 1.29 is 0 Å². The fraction of sp³-hybridized carbons (Fsp3) is 0.167. The fourth-order valence-corrected chi connectivity index (χ4v) is 3.20. The molecule has 3 rings (SSSR count). The summed E-state index contributed by atoms with van der Waals surface area (Å²) >= 11 is 3.35. The summed E-state index contributed by atoms with van der Waals surface area (Å²) in [5.74, 6) is 0.912. The molecule has 0 saturated heterocycles. The van der Waals surface area contributed by atoms with Crippen LogP contribution in [0.25, 0.3) is 10.2 Å². The summed E-state index contributed by atoms with van der Waals surface area (Å²) in [4.78, 5) is 9.59. The van der Waals surface area contributed by atoms with Crippen molar-refractivity contribution in [1.29, 1.82) is 0 Å². The molecule has 17 heavy (non-hydrogen) atoms. The summed E-state index contributed by atoms with van der Waals surface area (Å²) in [6.07, 6.45) is 1.61. The third kappa shape index (κ3) is 2.03. The van der Waals surface area contributed by atoms with Crippen LogP contribution in [0.1, 0.15) is 18.5 Å². The third-order valence-corrected chi connectivity index (χ3v) is 4.18. The van der Waals surface area contributed by atoms with Crippen LogP contribution >= 0.6 is 22.7 Å². The van der Waals surface area contributed by atoms with Gasteiger partial charge in [0.1, 0.15) is 17.0 Å². The third-order valence-electron chi connectivity index (χ3n) is 2.66. The molecule has 1 atom stereocenters. The average Bonchev–Trinajstić information content (AvgIpc) is 3.00. The van der Waals surface area contributed by atoms with Crippen molar-refractivity contribution in [1.82, 2.24) is 9.97 Å². The molecule has 3 heterocycles. The SMILES string of the molecule is CC(Nc1ncnc2sccc12)c1ccsc1. The number of aromatic nitrogens is 2. The van der Waals surface area contributed by atoms with Gasteiger partial charge in [-0.05, 0) is 40.8 Å². The number of nitrogens with one attached hydrogen (secondary N) is 1. The van der Waals surface area contributed by atoms with E-state index in [-0.39, 0.29) is 6.04 Å². The zero-order valence-electron chi connectivity index (χ0n) is 9.25. The monoisotopic (exact) mass is 261 g/mol. The van der Waals surface area contributed by atoms with Crippen LogP contribution in [0.3, 0.4) is 0 Å². The van der Waals surface area contributed by atoms with Gasteiger partial charge in [-0.15, -0.1) is 11.3 Å². The summed E-state index contributed by atoms with van der Waals surface area (Å²) in [6, 6.07) is 4.45. The number of thiophene rings is 2. The van der Waals surface area contributed by atoms with Gasteiger partial charge in [0.2, 0.25) is 0 Å². The number of hydrogen-bond donors (Lipinski definition) is 1. The van der Waals surface area contributed by atoms with Gasteiger partial charge in [-0.1, -0.05) is 0 Å². The largest absolute Gasteiger partial charge is 0.363 e. The van der Waals surface area contributed by atoms with Crippen molar-refractivity contribution in [2.24, 2.45) is 0 Å². The van der Waals surface area contributed by atoms with E-state index >= 15 is 0 Å². The standard InChI is InChI=1S/C12H11N3S2/c1-8(9-2-4-16-6-9)15-11-10-3-5-17-12(10)14-7-13-11/h2-8H,1H3,(H,13,14,15). The van der Waals surface area contributed by atoms with Crippen molar-refractivity contribution in [3.05, 3.63) is 40.2 Å². The summed E-state index contributed by atoms with van der Waals surface area (Å²) in [7, 11) is 0. The number of anilines is 1. The van der Waals surface area contributed by atoms with E-state index in [1.807, 2.05) is 5.38 Å². The number of fused-ring (bicyclic) bond motifs is 1. The highest BCUT2D eigenvalue weighted by Crippen LogP contribution is 2.27. The molecular formula is C12H11N3S2. The molecule has 0 aromatic carbocycles. The minimum absolute atomic E-state index is 0.263. The Labute approximate surface area is 107 Å². The van der Waals surface area contributed by atoms with E-state index < -0.39 is 0 Å². The van der Waals surface area contributed by atoms with Crippen LogP contribution in [0.15, 0.2) is 34.6 Å². The van der Waals surface area contributed by atoms with E-state index in [9.17, 15) is 0 Å². The minimum Gasteiger partial charge on any atom is -0.363 e. The summed E-state index contributed by atoms with van der Waals surface area (Å²) in [6.45, 7) is 2.14. The molecule has 5 heteroatoms. The van der Waals surface area contributed by atoms with E-state index in [1.54, 1.807) is 29.0 Å². The molecule has 0 amide bonds. The Morgan fingerprint density at radius 2 is 2.18 bits per heavy atom. The topological polar surface area (TPSA) is 37.8 Å². The molecule has 0 spiro atoms. The second kappa shape index (κ2) is 4.43. The molecule has 0 aliphatic rings. The van der Waals surface area contributed by atoms with Gasteiger partial charge < -0.3 is 5.32 Å².